The maximum absolute atomic E-state index is 9.92. The highest BCUT2D eigenvalue weighted by atomic mass is 79.9. The first-order valence-electron chi connectivity index (χ1n) is 3.43. The summed E-state index contributed by atoms with van der Waals surface area (Å²) in [6.07, 6.45) is 1.37. The van der Waals surface area contributed by atoms with Gasteiger partial charge in [-0.05, 0) is 18.2 Å². The van der Waals surface area contributed by atoms with Crippen molar-refractivity contribution in [1.29, 1.82) is 0 Å². The second-order valence-electron chi connectivity index (χ2n) is 2.31. The van der Waals surface area contributed by atoms with E-state index in [2.05, 4.69) is 25.9 Å². The van der Waals surface area contributed by atoms with Crippen molar-refractivity contribution < 1.29 is 9.21 Å². The van der Waals surface area contributed by atoms with Crippen LogP contribution in [0.2, 0.25) is 0 Å². The number of rotatable bonds is 1. The van der Waals surface area contributed by atoms with Crippen LogP contribution >= 0.6 is 15.9 Å². The summed E-state index contributed by atoms with van der Waals surface area (Å²) in [4.78, 5) is 17.1. The van der Waals surface area contributed by atoms with E-state index in [1.54, 1.807) is 12.1 Å². The van der Waals surface area contributed by atoms with Gasteiger partial charge in [-0.2, -0.15) is 4.98 Å². The number of isocyanates is 1. The van der Waals surface area contributed by atoms with Crippen molar-refractivity contribution >= 4 is 39.1 Å². The van der Waals surface area contributed by atoms with E-state index in [-0.39, 0.29) is 6.01 Å². The van der Waals surface area contributed by atoms with Crippen molar-refractivity contribution in [2.75, 3.05) is 0 Å². The van der Waals surface area contributed by atoms with E-state index < -0.39 is 0 Å². The number of aromatic nitrogens is 1. The highest BCUT2D eigenvalue weighted by Gasteiger charge is 2.03. The van der Waals surface area contributed by atoms with Gasteiger partial charge in [0.2, 0.25) is 6.08 Å². The summed E-state index contributed by atoms with van der Waals surface area (Å²) in [6.45, 7) is 0. The van der Waals surface area contributed by atoms with Gasteiger partial charge < -0.3 is 4.42 Å². The molecule has 13 heavy (non-hydrogen) atoms. The average molecular weight is 239 g/mol. The Balaban J connectivity index is 2.68. The van der Waals surface area contributed by atoms with Crippen molar-refractivity contribution in [2.45, 2.75) is 0 Å². The van der Waals surface area contributed by atoms with Crippen LogP contribution in [0.3, 0.4) is 0 Å². The lowest BCUT2D eigenvalue weighted by molar-refractivity contribution is 0.560. The predicted octanol–water partition coefficient (Wildman–Crippen LogP) is 2.56. The number of halogens is 1. The van der Waals surface area contributed by atoms with Crippen molar-refractivity contribution in [3.8, 4) is 0 Å². The molecule has 5 heteroatoms. The zero-order valence-electron chi connectivity index (χ0n) is 6.32. The molecule has 0 radical (unpaired) electrons. The van der Waals surface area contributed by atoms with E-state index in [4.69, 9.17) is 4.42 Å². The van der Waals surface area contributed by atoms with Crippen LogP contribution in [-0.2, 0) is 4.79 Å². The van der Waals surface area contributed by atoms with Gasteiger partial charge in [0.25, 0.3) is 0 Å². The van der Waals surface area contributed by atoms with Gasteiger partial charge in [-0.1, -0.05) is 15.9 Å². The Bertz CT molecular complexity index is 500. The van der Waals surface area contributed by atoms with Crippen LogP contribution in [0.5, 0.6) is 0 Å². The van der Waals surface area contributed by atoms with Gasteiger partial charge in [-0.15, -0.1) is 4.99 Å². The minimum absolute atomic E-state index is 0.0306. The molecular weight excluding hydrogens is 236 g/mol. The van der Waals surface area contributed by atoms with E-state index in [1.807, 2.05) is 6.07 Å². The van der Waals surface area contributed by atoms with Crippen LogP contribution in [0.4, 0.5) is 6.01 Å². The third kappa shape index (κ3) is 1.52. The fourth-order valence-corrected chi connectivity index (χ4v) is 1.32. The van der Waals surface area contributed by atoms with E-state index in [1.165, 1.54) is 6.08 Å². The molecule has 0 unspecified atom stereocenters. The summed E-state index contributed by atoms with van der Waals surface area (Å²) >= 11 is 3.29. The highest BCUT2D eigenvalue weighted by molar-refractivity contribution is 9.10. The Morgan fingerprint density at radius 1 is 1.54 bits per heavy atom. The minimum atomic E-state index is 0.0306. The molecule has 0 saturated heterocycles. The minimum Gasteiger partial charge on any atom is -0.421 e. The van der Waals surface area contributed by atoms with E-state index in [0.29, 0.717) is 11.1 Å². The van der Waals surface area contributed by atoms with Gasteiger partial charge in [0.1, 0.15) is 5.52 Å². The Kier molecular flexibility index (Phi) is 1.96. The molecule has 0 N–H and O–H groups in total. The normalized spacial score (nSPS) is 9.92. The molecular formula is C8H3BrN2O2. The topological polar surface area (TPSA) is 55.5 Å². The van der Waals surface area contributed by atoms with Gasteiger partial charge in [0.15, 0.2) is 5.58 Å². The fraction of sp³-hybridized carbons (Fsp3) is 0. The van der Waals surface area contributed by atoms with Crippen LogP contribution in [0.1, 0.15) is 0 Å². The number of carbonyl (C=O) groups excluding carboxylic acids is 1. The number of fused-ring (bicyclic) bond motifs is 1. The number of hydrogen-bond donors (Lipinski definition) is 0. The molecule has 0 fully saturated rings. The van der Waals surface area contributed by atoms with Crippen LogP contribution in [-0.4, -0.2) is 11.1 Å². The molecule has 0 amide bonds. The first-order chi connectivity index (χ1) is 6.29. The molecule has 0 aliphatic heterocycles. The van der Waals surface area contributed by atoms with E-state index >= 15 is 0 Å². The molecule has 1 aromatic carbocycles. The Morgan fingerprint density at radius 2 is 2.38 bits per heavy atom. The van der Waals surface area contributed by atoms with Crippen LogP contribution in [0.25, 0.3) is 11.1 Å². The molecule has 0 aliphatic rings. The zero-order chi connectivity index (χ0) is 9.26. The van der Waals surface area contributed by atoms with Gasteiger partial charge in [-0.25, -0.2) is 4.79 Å². The highest BCUT2D eigenvalue weighted by Crippen LogP contribution is 2.23. The predicted molar refractivity (Wildman–Crippen MR) is 49.5 cm³/mol. The van der Waals surface area contributed by atoms with Gasteiger partial charge >= 0.3 is 6.01 Å². The summed E-state index contributed by atoms with van der Waals surface area (Å²) in [6, 6.07) is 5.38. The second-order valence-corrected chi connectivity index (χ2v) is 3.23. The summed E-state index contributed by atoms with van der Waals surface area (Å²) in [5, 5.41) is 0. The average Bonchev–Trinajstić information content (AvgIpc) is 2.46. The maximum Gasteiger partial charge on any atom is 0.333 e. The summed E-state index contributed by atoms with van der Waals surface area (Å²) in [5.41, 5.74) is 1.25. The molecule has 0 aliphatic carbocycles. The number of oxazole rings is 1. The fourth-order valence-electron chi connectivity index (χ4n) is 0.975. The number of nitrogens with zero attached hydrogens (tertiary/aromatic N) is 2. The Hall–Kier alpha value is -1.45. The molecule has 1 heterocycles. The lowest BCUT2D eigenvalue weighted by Gasteiger charge is -1.85. The molecule has 2 aromatic rings. The van der Waals surface area contributed by atoms with Crippen molar-refractivity contribution in [3.63, 3.8) is 0 Å². The monoisotopic (exact) mass is 238 g/mol. The molecule has 1 aromatic heterocycles. The lowest BCUT2D eigenvalue weighted by Crippen LogP contribution is -1.66. The van der Waals surface area contributed by atoms with Crippen LogP contribution < -0.4 is 0 Å². The quantitative estimate of drug-likeness (QED) is 0.567. The standard InChI is InChI=1S/C8H3BrN2O2/c9-5-1-2-7-6(3-5)11-8(13-7)10-4-12/h1-3H. The largest absolute Gasteiger partial charge is 0.421 e. The zero-order valence-corrected chi connectivity index (χ0v) is 7.91. The summed E-state index contributed by atoms with van der Waals surface area (Å²) < 4.78 is 6.00. The Morgan fingerprint density at radius 3 is 3.15 bits per heavy atom. The number of benzene rings is 1. The van der Waals surface area contributed by atoms with Crippen LogP contribution in [0.15, 0.2) is 32.1 Å². The van der Waals surface area contributed by atoms with Crippen molar-refractivity contribution in [2.24, 2.45) is 4.99 Å². The maximum atomic E-state index is 9.92. The first-order valence-corrected chi connectivity index (χ1v) is 4.23. The summed E-state index contributed by atoms with van der Waals surface area (Å²) in [5.74, 6) is 0. The summed E-state index contributed by atoms with van der Waals surface area (Å²) in [7, 11) is 0. The molecule has 2 rings (SSSR count). The first kappa shape index (κ1) is 8.16. The van der Waals surface area contributed by atoms with Crippen LogP contribution in [0, 0.1) is 0 Å². The number of hydrogen-bond acceptors (Lipinski definition) is 4. The Labute approximate surface area is 81.4 Å². The van der Waals surface area contributed by atoms with E-state index in [0.717, 1.165) is 4.47 Å². The third-order valence-corrected chi connectivity index (χ3v) is 1.97. The van der Waals surface area contributed by atoms with Gasteiger partial charge in [0, 0.05) is 4.47 Å². The van der Waals surface area contributed by atoms with Crippen molar-refractivity contribution in [1.82, 2.24) is 4.98 Å². The molecule has 0 bridgehead atoms. The van der Waals surface area contributed by atoms with Gasteiger partial charge in [0.05, 0.1) is 0 Å². The molecule has 0 spiro atoms. The molecule has 64 valence electrons. The molecule has 4 nitrogen and oxygen atoms in total. The second kappa shape index (κ2) is 3.12. The SMILES string of the molecule is O=C=Nc1nc2cc(Br)ccc2o1. The number of aliphatic imine (C=N–C) groups is 1. The van der Waals surface area contributed by atoms with Gasteiger partial charge in [-0.3, -0.25) is 0 Å². The smallest absolute Gasteiger partial charge is 0.333 e. The van der Waals surface area contributed by atoms with E-state index in [9.17, 15) is 4.79 Å². The van der Waals surface area contributed by atoms with Crippen molar-refractivity contribution in [3.05, 3.63) is 22.7 Å². The third-order valence-electron chi connectivity index (χ3n) is 1.48. The lowest BCUT2D eigenvalue weighted by atomic mass is 10.3. The molecule has 0 saturated carbocycles. The molecule has 0 atom stereocenters.